The number of rotatable bonds is 4. The molecule has 12 rings (SSSR count). The van der Waals surface area contributed by atoms with Crippen LogP contribution in [-0.2, 0) is 5.41 Å². The van der Waals surface area contributed by atoms with E-state index in [-0.39, 0.29) is 5.41 Å². The van der Waals surface area contributed by atoms with Gasteiger partial charge in [0.2, 0.25) is 0 Å². The van der Waals surface area contributed by atoms with Gasteiger partial charge in [0.15, 0.2) is 0 Å². The summed E-state index contributed by atoms with van der Waals surface area (Å²) in [7, 11) is 0. The smallest absolute Gasteiger partial charge is 0.0159 e. The van der Waals surface area contributed by atoms with Gasteiger partial charge in [-0.15, -0.1) is 0 Å². The Labute approximate surface area is 333 Å². The zero-order chi connectivity index (χ0) is 37.8. The number of benzene rings is 10. The number of hydrogen-bond donors (Lipinski definition) is 0. The van der Waals surface area contributed by atoms with Crippen LogP contribution in [0.5, 0.6) is 0 Å². The fourth-order valence-electron chi connectivity index (χ4n) is 10.4. The highest BCUT2D eigenvalue weighted by molar-refractivity contribution is 6.28. The minimum atomic E-state index is -0.151. The van der Waals surface area contributed by atoms with Crippen molar-refractivity contribution in [3.63, 3.8) is 0 Å². The average Bonchev–Trinajstić information content (AvgIpc) is 3.71. The molecule has 266 valence electrons. The lowest BCUT2D eigenvalue weighted by molar-refractivity contribution is 0.661. The lowest BCUT2D eigenvalue weighted by Crippen LogP contribution is -2.15. The molecule has 0 heteroatoms. The maximum absolute atomic E-state index is 2.48. The third-order valence-corrected chi connectivity index (χ3v) is 13.0. The molecule has 0 fully saturated rings. The van der Waals surface area contributed by atoms with Gasteiger partial charge in [-0.2, -0.15) is 0 Å². The summed E-state index contributed by atoms with van der Waals surface area (Å²) < 4.78 is 0. The van der Waals surface area contributed by atoms with E-state index in [2.05, 4.69) is 208 Å². The van der Waals surface area contributed by atoms with E-state index >= 15 is 0 Å². The molecule has 0 heterocycles. The molecule has 0 spiro atoms. The summed E-state index contributed by atoms with van der Waals surface area (Å²) >= 11 is 0. The second-order valence-corrected chi connectivity index (χ2v) is 16.3. The summed E-state index contributed by atoms with van der Waals surface area (Å²) in [6, 6.07) is 72.5. The van der Waals surface area contributed by atoms with Crippen LogP contribution < -0.4 is 0 Å². The van der Waals surface area contributed by atoms with Gasteiger partial charge in [0.05, 0.1) is 0 Å². The molecule has 0 N–H and O–H groups in total. The van der Waals surface area contributed by atoms with E-state index in [0.717, 1.165) is 0 Å². The van der Waals surface area contributed by atoms with E-state index in [1.54, 1.807) is 0 Å². The van der Waals surface area contributed by atoms with E-state index < -0.39 is 0 Å². The molecule has 0 nitrogen and oxygen atoms in total. The lowest BCUT2D eigenvalue weighted by Gasteiger charge is -2.23. The van der Waals surface area contributed by atoms with Crippen molar-refractivity contribution >= 4 is 32.3 Å². The largest absolute Gasteiger partial charge is 0.0622 e. The van der Waals surface area contributed by atoms with Gasteiger partial charge in [0.1, 0.15) is 0 Å². The molecule has 0 saturated carbocycles. The summed E-state index contributed by atoms with van der Waals surface area (Å²) in [6.45, 7) is 4.80. The fourth-order valence-corrected chi connectivity index (χ4v) is 10.4. The Morgan fingerprint density at radius 3 is 1.32 bits per heavy atom. The molecule has 2 aliphatic rings. The average molecular weight is 723 g/mol. The standard InChI is InChI=1S/C57H38/c1-57(2)50-33-38(41-24-13-20-35-15-9-10-21-40(35)41)27-29-43(50)44-30-28-39(34-51(44)57)42-31-32-49-54-45(42)25-14-26-48(54)55-52(36-16-5-3-6-17-36)46-22-11-12-23-47(46)53(56(49)55)37-18-7-4-8-19-37/h3-34H,1-2H3. The highest BCUT2D eigenvalue weighted by Crippen LogP contribution is 2.59. The van der Waals surface area contributed by atoms with Gasteiger partial charge in [-0.05, 0) is 133 Å². The van der Waals surface area contributed by atoms with Gasteiger partial charge in [-0.25, -0.2) is 0 Å². The van der Waals surface area contributed by atoms with Crippen molar-refractivity contribution in [2.24, 2.45) is 0 Å². The highest BCUT2D eigenvalue weighted by atomic mass is 14.4. The number of fused-ring (bicyclic) bond motifs is 8. The van der Waals surface area contributed by atoms with Crippen LogP contribution in [0.15, 0.2) is 194 Å². The maximum Gasteiger partial charge on any atom is 0.0159 e. The van der Waals surface area contributed by atoms with Crippen molar-refractivity contribution in [3.05, 3.63) is 205 Å². The van der Waals surface area contributed by atoms with Crippen LogP contribution in [0.1, 0.15) is 25.0 Å². The number of hydrogen-bond acceptors (Lipinski definition) is 0. The van der Waals surface area contributed by atoms with E-state index in [0.29, 0.717) is 0 Å². The topological polar surface area (TPSA) is 0 Å². The van der Waals surface area contributed by atoms with Crippen molar-refractivity contribution in [3.8, 4) is 77.9 Å². The second kappa shape index (κ2) is 12.0. The van der Waals surface area contributed by atoms with Crippen molar-refractivity contribution < 1.29 is 0 Å². The Morgan fingerprint density at radius 1 is 0.281 bits per heavy atom. The maximum atomic E-state index is 2.48. The molecule has 57 heavy (non-hydrogen) atoms. The zero-order valence-corrected chi connectivity index (χ0v) is 32.0. The summed E-state index contributed by atoms with van der Waals surface area (Å²) in [5, 5.41) is 7.79. The second-order valence-electron chi connectivity index (χ2n) is 16.3. The van der Waals surface area contributed by atoms with E-state index in [1.807, 2.05) is 0 Å². The SMILES string of the molecule is CC1(C)c2cc(-c3cccc4ccccc34)ccc2-c2ccc(-c3ccc4c5c(cccc35)-c3c-4c(-c4ccccc4)c4ccccc4c3-c3ccccc3)cc21. The predicted octanol–water partition coefficient (Wildman–Crippen LogP) is 15.8. The third kappa shape index (κ3) is 4.56. The van der Waals surface area contributed by atoms with Crippen LogP contribution in [-0.4, -0.2) is 0 Å². The normalized spacial score (nSPS) is 13.2. The first-order valence-electron chi connectivity index (χ1n) is 20.1. The monoisotopic (exact) mass is 722 g/mol. The summed E-state index contributed by atoms with van der Waals surface area (Å²) in [5.41, 5.74) is 20.8. The van der Waals surface area contributed by atoms with Gasteiger partial charge in [0.25, 0.3) is 0 Å². The van der Waals surface area contributed by atoms with Gasteiger partial charge in [-0.1, -0.05) is 196 Å². The molecule has 0 aliphatic heterocycles. The summed E-state index contributed by atoms with van der Waals surface area (Å²) in [4.78, 5) is 0. The van der Waals surface area contributed by atoms with Crippen LogP contribution in [0.4, 0.5) is 0 Å². The van der Waals surface area contributed by atoms with Crippen LogP contribution >= 0.6 is 0 Å². The Morgan fingerprint density at radius 2 is 0.702 bits per heavy atom. The molecule has 0 amide bonds. The Kier molecular flexibility index (Phi) is 6.78. The predicted molar refractivity (Wildman–Crippen MR) is 243 cm³/mol. The van der Waals surface area contributed by atoms with E-state index in [1.165, 1.54) is 121 Å². The van der Waals surface area contributed by atoms with Crippen molar-refractivity contribution in [1.82, 2.24) is 0 Å². The Hall–Kier alpha value is -7.02. The van der Waals surface area contributed by atoms with Crippen LogP contribution in [0.2, 0.25) is 0 Å². The van der Waals surface area contributed by atoms with Gasteiger partial charge >= 0.3 is 0 Å². The summed E-state index contributed by atoms with van der Waals surface area (Å²) in [5.74, 6) is 0. The molecule has 10 aromatic carbocycles. The quantitative estimate of drug-likeness (QED) is 0.170. The Bertz CT molecular complexity index is 3190. The van der Waals surface area contributed by atoms with Crippen molar-refractivity contribution in [1.29, 1.82) is 0 Å². The highest BCUT2D eigenvalue weighted by Gasteiger charge is 2.37. The molecular weight excluding hydrogens is 685 g/mol. The molecule has 0 atom stereocenters. The fraction of sp³-hybridized carbons (Fsp3) is 0.0526. The molecule has 0 unspecified atom stereocenters. The summed E-state index contributed by atoms with van der Waals surface area (Å²) in [6.07, 6.45) is 0. The van der Waals surface area contributed by atoms with E-state index in [4.69, 9.17) is 0 Å². The Balaban J connectivity index is 1.05. The van der Waals surface area contributed by atoms with Gasteiger partial charge in [-0.3, -0.25) is 0 Å². The molecular formula is C57H38. The lowest BCUT2D eigenvalue weighted by atomic mass is 9.80. The third-order valence-electron chi connectivity index (χ3n) is 13.0. The molecule has 0 saturated heterocycles. The van der Waals surface area contributed by atoms with Gasteiger partial charge < -0.3 is 0 Å². The molecule has 0 bridgehead atoms. The first kappa shape index (κ1) is 32.2. The van der Waals surface area contributed by atoms with E-state index in [9.17, 15) is 0 Å². The zero-order valence-electron chi connectivity index (χ0n) is 32.0. The molecule has 2 aliphatic carbocycles. The van der Waals surface area contributed by atoms with Crippen molar-refractivity contribution in [2.45, 2.75) is 19.3 Å². The minimum Gasteiger partial charge on any atom is -0.0622 e. The van der Waals surface area contributed by atoms with Crippen LogP contribution in [0.25, 0.3) is 110 Å². The van der Waals surface area contributed by atoms with Crippen LogP contribution in [0, 0.1) is 0 Å². The van der Waals surface area contributed by atoms with Crippen molar-refractivity contribution in [2.75, 3.05) is 0 Å². The first-order chi connectivity index (χ1) is 28.1. The first-order valence-corrected chi connectivity index (χ1v) is 20.1. The minimum absolute atomic E-state index is 0.151. The van der Waals surface area contributed by atoms with Crippen LogP contribution in [0.3, 0.4) is 0 Å². The van der Waals surface area contributed by atoms with Gasteiger partial charge in [0, 0.05) is 5.41 Å². The molecule has 0 aromatic heterocycles. The molecule has 0 radical (unpaired) electrons. The molecule has 10 aromatic rings.